The van der Waals surface area contributed by atoms with Gasteiger partial charge in [0.2, 0.25) is 0 Å². The van der Waals surface area contributed by atoms with Crippen LogP contribution in [0.3, 0.4) is 0 Å². The molecule has 5 heteroatoms. The van der Waals surface area contributed by atoms with Gasteiger partial charge in [0.05, 0.1) is 18.6 Å². The lowest BCUT2D eigenvalue weighted by atomic mass is 9.81. The number of benzene rings is 1. The van der Waals surface area contributed by atoms with E-state index in [1.165, 1.54) is 4.88 Å². The number of hydrogen-bond acceptors (Lipinski definition) is 4. The highest BCUT2D eigenvalue weighted by Crippen LogP contribution is 2.46. The Balaban J connectivity index is 1.58. The number of carboxylic acids is 1. The lowest BCUT2D eigenvalue weighted by Gasteiger charge is -2.34. The zero-order valence-corrected chi connectivity index (χ0v) is 15.6. The Morgan fingerprint density at radius 2 is 2.15 bits per heavy atom. The minimum Gasteiger partial charge on any atom is -0.493 e. The Labute approximate surface area is 157 Å². The molecular weight excluding hydrogens is 348 g/mol. The molecule has 0 saturated heterocycles. The molecule has 1 saturated carbocycles. The van der Waals surface area contributed by atoms with Crippen LogP contribution >= 0.6 is 11.3 Å². The molecule has 2 aliphatic rings. The van der Waals surface area contributed by atoms with Crippen molar-refractivity contribution in [3.63, 3.8) is 0 Å². The standard InChI is InChI=1S/C21H24O4S/c1-12(19-6-3-9-26-19)17-11-25-18-10-13(7-8-16(18)20(17)22)14-4-2-5-15(14)21(23)24/h3,6-10,12,14-15,17,20,22H,2,4-5,11H2,1H3,(H,23,24)/t12?,14?,15?,17-,20+/m1/s1. The lowest BCUT2D eigenvalue weighted by Crippen LogP contribution is -2.30. The molecule has 2 heterocycles. The molecule has 0 bridgehead atoms. The predicted octanol–water partition coefficient (Wildman–Crippen LogP) is 4.56. The second-order valence-corrected chi connectivity index (χ2v) is 8.48. The van der Waals surface area contributed by atoms with E-state index < -0.39 is 12.1 Å². The van der Waals surface area contributed by atoms with E-state index in [1.54, 1.807) is 11.3 Å². The van der Waals surface area contributed by atoms with Crippen LogP contribution < -0.4 is 4.74 Å². The second kappa shape index (κ2) is 7.05. The number of aliphatic carboxylic acids is 1. The third-order valence-electron chi connectivity index (χ3n) is 6.09. The third-order valence-corrected chi connectivity index (χ3v) is 7.16. The maximum atomic E-state index is 11.5. The first-order valence-corrected chi connectivity index (χ1v) is 10.1. The molecule has 2 aromatic rings. The van der Waals surface area contributed by atoms with Gasteiger partial charge < -0.3 is 14.9 Å². The molecule has 1 aromatic heterocycles. The summed E-state index contributed by atoms with van der Waals surface area (Å²) < 4.78 is 6.02. The summed E-state index contributed by atoms with van der Waals surface area (Å²) in [6.45, 7) is 2.61. The lowest BCUT2D eigenvalue weighted by molar-refractivity contribution is -0.142. The van der Waals surface area contributed by atoms with E-state index in [0.717, 1.165) is 30.4 Å². The van der Waals surface area contributed by atoms with Crippen LogP contribution in [0.2, 0.25) is 0 Å². The van der Waals surface area contributed by atoms with Crippen molar-refractivity contribution < 1.29 is 19.7 Å². The number of fused-ring (bicyclic) bond motifs is 1. The average molecular weight is 372 g/mol. The van der Waals surface area contributed by atoms with Crippen LogP contribution in [0.25, 0.3) is 0 Å². The van der Waals surface area contributed by atoms with Crippen molar-refractivity contribution in [3.8, 4) is 5.75 Å². The van der Waals surface area contributed by atoms with Crippen molar-refractivity contribution in [2.24, 2.45) is 11.8 Å². The third kappa shape index (κ3) is 3.03. The molecule has 1 aliphatic carbocycles. The van der Waals surface area contributed by atoms with Crippen LogP contribution in [-0.2, 0) is 4.79 Å². The molecule has 4 rings (SSSR count). The summed E-state index contributed by atoms with van der Waals surface area (Å²) in [6, 6.07) is 10.0. The van der Waals surface area contributed by atoms with Gasteiger partial charge in [-0.3, -0.25) is 4.79 Å². The Morgan fingerprint density at radius 1 is 1.31 bits per heavy atom. The van der Waals surface area contributed by atoms with Gasteiger partial charge in [-0.15, -0.1) is 11.3 Å². The van der Waals surface area contributed by atoms with Crippen LogP contribution in [0, 0.1) is 11.8 Å². The molecule has 1 aliphatic heterocycles. The molecule has 1 fully saturated rings. The second-order valence-electron chi connectivity index (χ2n) is 7.50. The molecule has 4 nitrogen and oxygen atoms in total. The fraction of sp³-hybridized carbons (Fsp3) is 0.476. The molecule has 5 atom stereocenters. The first-order chi connectivity index (χ1) is 12.6. The minimum absolute atomic E-state index is 0.0187. The van der Waals surface area contributed by atoms with Gasteiger partial charge >= 0.3 is 5.97 Å². The van der Waals surface area contributed by atoms with Crippen molar-refractivity contribution in [3.05, 3.63) is 51.7 Å². The van der Waals surface area contributed by atoms with Crippen LogP contribution in [0.4, 0.5) is 0 Å². The summed E-state index contributed by atoms with van der Waals surface area (Å²) in [4.78, 5) is 12.7. The molecule has 0 amide bonds. The quantitative estimate of drug-likeness (QED) is 0.825. The van der Waals surface area contributed by atoms with Crippen molar-refractivity contribution in [2.75, 3.05) is 6.61 Å². The Morgan fingerprint density at radius 3 is 2.88 bits per heavy atom. The van der Waals surface area contributed by atoms with E-state index in [2.05, 4.69) is 18.4 Å². The van der Waals surface area contributed by atoms with Crippen molar-refractivity contribution >= 4 is 17.3 Å². The highest BCUT2D eigenvalue weighted by molar-refractivity contribution is 7.10. The van der Waals surface area contributed by atoms with Crippen molar-refractivity contribution in [1.29, 1.82) is 0 Å². The summed E-state index contributed by atoms with van der Waals surface area (Å²) in [5.41, 5.74) is 1.84. The van der Waals surface area contributed by atoms with Gasteiger partial charge in [-0.2, -0.15) is 0 Å². The Hall–Kier alpha value is -1.85. The van der Waals surface area contributed by atoms with Gasteiger partial charge in [-0.25, -0.2) is 0 Å². The molecule has 0 spiro atoms. The van der Waals surface area contributed by atoms with Crippen molar-refractivity contribution in [1.82, 2.24) is 0 Å². The van der Waals surface area contributed by atoms with Crippen LogP contribution in [0.1, 0.15) is 60.1 Å². The largest absolute Gasteiger partial charge is 0.493 e. The van der Waals surface area contributed by atoms with Crippen LogP contribution in [0.15, 0.2) is 35.7 Å². The number of aliphatic hydroxyl groups excluding tert-OH is 1. The maximum absolute atomic E-state index is 11.5. The zero-order valence-electron chi connectivity index (χ0n) is 14.8. The fourth-order valence-electron chi connectivity index (χ4n) is 4.49. The topological polar surface area (TPSA) is 66.8 Å². The van der Waals surface area contributed by atoms with E-state index >= 15 is 0 Å². The van der Waals surface area contributed by atoms with E-state index in [9.17, 15) is 15.0 Å². The van der Waals surface area contributed by atoms with Gasteiger partial charge in [-0.05, 0) is 47.8 Å². The fourth-order valence-corrected chi connectivity index (χ4v) is 5.35. The molecule has 26 heavy (non-hydrogen) atoms. The number of rotatable bonds is 4. The molecular formula is C21H24O4S. The summed E-state index contributed by atoms with van der Waals surface area (Å²) in [5.74, 6) is -0.0274. The highest BCUT2D eigenvalue weighted by Gasteiger charge is 2.37. The van der Waals surface area contributed by atoms with E-state index in [0.29, 0.717) is 12.4 Å². The summed E-state index contributed by atoms with van der Waals surface area (Å²) in [6.07, 6.45) is 2.02. The predicted molar refractivity (Wildman–Crippen MR) is 101 cm³/mol. The van der Waals surface area contributed by atoms with Crippen LogP contribution in [0.5, 0.6) is 5.75 Å². The van der Waals surface area contributed by atoms with E-state index in [-0.39, 0.29) is 23.7 Å². The molecule has 3 unspecified atom stereocenters. The average Bonchev–Trinajstić information content (AvgIpc) is 3.33. The van der Waals surface area contributed by atoms with Crippen molar-refractivity contribution in [2.45, 2.75) is 44.1 Å². The molecule has 1 aromatic carbocycles. The minimum atomic E-state index is -0.712. The Kier molecular flexibility index (Phi) is 4.76. The van der Waals surface area contributed by atoms with Gasteiger partial charge in [0.25, 0.3) is 0 Å². The highest BCUT2D eigenvalue weighted by atomic mass is 32.1. The smallest absolute Gasteiger partial charge is 0.307 e. The normalized spacial score (nSPS) is 29.0. The number of carbonyl (C=O) groups is 1. The summed E-state index contributed by atoms with van der Waals surface area (Å²) >= 11 is 1.71. The first-order valence-electron chi connectivity index (χ1n) is 9.27. The SMILES string of the molecule is CC(c1cccs1)[C@H]1COc2cc(C3CCCC3C(=O)O)ccc2[C@@H]1O. The van der Waals surface area contributed by atoms with Gasteiger partial charge in [-0.1, -0.05) is 31.5 Å². The van der Waals surface area contributed by atoms with Crippen LogP contribution in [-0.4, -0.2) is 22.8 Å². The number of ether oxygens (including phenoxy) is 1. The number of carboxylic acid groups (broad SMARTS) is 1. The number of aliphatic hydroxyl groups is 1. The monoisotopic (exact) mass is 372 g/mol. The maximum Gasteiger partial charge on any atom is 0.307 e. The first kappa shape index (κ1) is 17.6. The number of hydrogen-bond donors (Lipinski definition) is 2. The summed E-state index contributed by atoms with van der Waals surface area (Å²) in [7, 11) is 0. The van der Waals surface area contributed by atoms with Gasteiger partial charge in [0.1, 0.15) is 5.75 Å². The molecule has 2 N–H and O–H groups in total. The van der Waals surface area contributed by atoms with Gasteiger partial charge in [0, 0.05) is 16.4 Å². The Bertz CT molecular complexity index is 785. The van der Waals surface area contributed by atoms with Gasteiger partial charge in [0.15, 0.2) is 0 Å². The molecule has 0 radical (unpaired) electrons. The molecule has 138 valence electrons. The van der Waals surface area contributed by atoms with E-state index in [4.69, 9.17) is 4.74 Å². The number of thiophene rings is 1. The summed E-state index contributed by atoms with van der Waals surface area (Å²) in [5, 5.41) is 22.4. The zero-order chi connectivity index (χ0) is 18.3. The van der Waals surface area contributed by atoms with E-state index in [1.807, 2.05) is 24.3 Å².